The van der Waals surface area contributed by atoms with E-state index in [1.807, 2.05) is 17.5 Å². The van der Waals surface area contributed by atoms with Crippen molar-refractivity contribution in [2.24, 2.45) is 0 Å². The predicted molar refractivity (Wildman–Crippen MR) is 79.7 cm³/mol. The zero-order chi connectivity index (χ0) is 14.7. The van der Waals surface area contributed by atoms with Crippen molar-refractivity contribution in [1.82, 2.24) is 15.2 Å². The Morgan fingerprint density at radius 3 is 2.67 bits per heavy atom. The fourth-order valence-electron chi connectivity index (χ4n) is 1.78. The van der Waals surface area contributed by atoms with E-state index in [-0.39, 0.29) is 17.3 Å². The minimum atomic E-state index is -0.297. The Balaban J connectivity index is 1.74. The van der Waals surface area contributed by atoms with Gasteiger partial charge in [0.1, 0.15) is 5.82 Å². The number of aromatic amines is 1. The Morgan fingerprint density at radius 2 is 2.00 bits per heavy atom. The van der Waals surface area contributed by atoms with Gasteiger partial charge in [-0.15, -0.1) is 21.5 Å². The van der Waals surface area contributed by atoms with Gasteiger partial charge in [-0.3, -0.25) is 9.78 Å². The normalized spacial score (nSPS) is 10.5. The van der Waals surface area contributed by atoms with Gasteiger partial charge < -0.3 is 5.32 Å². The van der Waals surface area contributed by atoms with Crippen LogP contribution in [-0.4, -0.2) is 15.2 Å². The third-order valence-electron chi connectivity index (χ3n) is 2.82. The molecule has 5 nitrogen and oxygen atoms in total. The second-order valence-corrected chi connectivity index (χ2v) is 5.26. The summed E-state index contributed by atoms with van der Waals surface area (Å²) in [6.07, 6.45) is 0. The molecule has 2 aromatic heterocycles. The summed E-state index contributed by atoms with van der Waals surface area (Å²) in [7, 11) is 0. The molecule has 0 aliphatic rings. The molecule has 7 heteroatoms. The van der Waals surface area contributed by atoms with Crippen molar-refractivity contribution in [3.63, 3.8) is 0 Å². The summed E-state index contributed by atoms with van der Waals surface area (Å²) < 4.78 is 12.8. The van der Waals surface area contributed by atoms with Gasteiger partial charge in [0, 0.05) is 6.54 Å². The first-order valence-electron chi connectivity index (χ1n) is 6.21. The lowest BCUT2D eigenvalue weighted by Crippen LogP contribution is -2.16. The number of hydrogen-bond acceptors (Lipinski definition) is 5. The van der Waals surface area contributed by atoms with Crippen LogP contribution in [0.25, 0.3) is 10.6 Å². The first-order valence-corrected chi connectivity index (χ1v) is 7.09. The van der Waals surface area contributed by atoms with Crippen molar-refractivity contribution < 1.29 is 4.39 Å². The second-order valence-electron chi connectivity index (χ2n) is 4.31. The minimum Gasteiger partial charge on any atom is -0.350 e. The lowest BCUT2D eigenvalue weighted by Gasteiger charge is -2.05. The zero-order valence-corrected chi connectivity index (χ0v) is 11.7. The third kappa shape index (κ3) is 3.14. The third-order valence-corrected chi connectivity index (χ3v) is 3.70. The Kier molecular flexibility index (Phi) is 3.74. The van der Waals surface area contributed by atoms with Crippen LogP contribution < -0.4 is 10.9 Å². The zero-order valence-electron chi connectivity index (χ0n) is 10.8. The number of nitrogens with zero attached hydrogens (tertiary/aromatic N) is 2. The highest BCUT2D eigenvalue weighted by Crippen LogP contribution is 2.18. The fraction of sp³-hybridized carbons (Fsp3) is 0.0714. The van der Waals surface area contributed by atoms with Crippen LogP contribution >= 0.6 is 11.3 Å². The Hall–Kier alpha value is -2.54. The number of nitrogens with one attached hydrogen (secondary N) is 2. The highest BCUT2D eigenvalue weighted by Gasteiger charge is 2.08. The smallest absolute Gasteiger partial charge is 0.279 e. The molecule has 0 radical (unpaired) electrons. The van der Waals surface area contributed by atoms with Gasteiger partial charge in [0.05, 0.1) is 4.88 Å². The number of rotatable bonds is 4. The monoisotopic (exact) mass is 302 g/mol. The Morgan fingerprint density at radius 1 is 1.19 bits per heavy atom. The van der Waals surface area contributed by atoms with E-state index < -0.39 is 0 Å². The van der Waals surface area contributed by atoms with E-state index in [0.717, 1.165) is 10.4 Å². The maximum atomic E-state index is 12.8. The molecule has 21 heavy (non-hydrogen) atoms. The van der Waals surface area contributed by atoms with Gasteiger partial charge in [-0.2, -0.15) is 0 Å². The van der Waals surface area contributed by atoms with Crippen LogP contribution in [-0.2, 0) is 6.54 Å². The van der Waals surface area contributed by atoms with Gasteiger partial charge in [0.2, 0.25) is 5.95 Å². The van der Waals surface area contributed by atoms with E-state index in [1.54, 1.807) is 12.1 Å². The Labute approximate surface area is 123 Å². The molecule has 1 aromatic carbocycles. The van der Waals surface area contributed by atoms with Crippen molar-refractivity contribution in [1.29, 1.82) is 0 Å². The van der Waals surface area contributed by atoms with Crippen LogP contribution in [0.3, 0.4) is 0 Å². The SMILES string of the molecule is O=c1[nH]c(NCc2ccc(F)cc2)nnc1-c1cccs1. The molecular weight excluding hydrogens is 291 g/mol. The number of thiophene rings is 1. The fourth-order valence-corrected chi connectivity index (χ4v) is 2.49. The molecular formula is C14H11FN4OS. The standard InChI is InChI=1S/C14H11FN4OS/c15-10-5-3-9(4-6-10)8-16-14-17-13(20)12(18-19-14)11-2-1-7-21-11/h1-7H,8H2,(H2,16,17,19,20). The highest BCUT2D eigenvalue weighted by atomic mass is 32.1. The van der Waals surface area contributed by atoms with Crippen molar-refractivity contribution in [2.75, 3.05) is 5.32 Å². The second kappa shape index (κ2) is 5.84. The molecule has 0 aliphatic carbocycles. The van der Waals surface area contributed by atoms with Gasteiger partial charge in [-0.25, -0.2) is 4.39 Å². The molecule has 0 unspecified atom stereocenters. The van der Waals surface area contributed by atoms with Crippen molar-refractivity contribution in [2.45, 2.75) is 6.54 Å². The molecule has 3 rings (SSSR count). The van der Waals surface area contributed by atoms with Gasteiger partial charge >= 0.3 is 0 Å². The van der Waals surface area contributed by atoms with Crippen LogP contribution in [0.2, 0.25) is 0 Å². The first kappa shape index (κ1) is 13.4. The first-order chi connectivity index (χ1) is 10.2. The van der Waals surface area contributed by atoms with Gasteiger partial charge in [-0.05, 0) is 29.1 Å². The van der Waals surface area contributed by atoms with E-state index in [4.69, 9.17) is 0 Å². The minimum absolute atomic E-state index is 0.282. The quantitative estimate of drug-likeness (QED) is 0.777. The summed E-state index contributed by atoms with van der Waals surface area (Å²) in [6.45, 7) is 0.420. The van der Waals surface area contributed by atoms with E-state index >= 15 is 0 Å². The summed E-state index contributed by atoms with van der Waals surface area (Å²) in [5.74, 6) is -0.00289. The van der Waals surface area contributed by atoms with Crippen LogP contribution in [0.4, 0.5) is 10.3 Å². The van der Waals surface area contributed by atoms with Crippen LogP contribution in [0.5, 0.6) is 0 Å². The maximum absolute atomic E-state index is 12.8. The molecule has 3 aromatic rings. The summed E-state index contributed by atoms with van der Waals surface area (Å²) in [6, 6.07) is 9.75. The predicted octanol–water partition coefficient (Wildman–Crippen LogP) is 2.64. The topological polar surface area (TPSA) is 70.7 Å². The average molecular weight is 302 g/mol. The summed E-state index contributed by atoms with van der Waals surface area (Å²) in [5, 5.41) is 12.7. The number of halogens is 1. The molecule has 2 N–H and O–H groups in total. The lowest BCUT2D eigenvalue weighted by atomic mass is 10.2. The molecule has 0 saturated carbocycles. The number of benzene rings is 1. The largest absolute Gasteiger partial charge is 0.350 e. The van der Waals surface area contributed by atoms with Crippen LogP contribution in [0.1, 0.15) is 5.56 Å². The van der Waals surface area contributed by atoms with Gasteiger partial charge in [0.15, 0.2) is 5.69 Å². The van der Waals surface area contributed by atoms with Crippen LogP contribution in [0, 0.1) is 5.82 Å². The van der Waals surface area contributed by atoms with E-state index in [9.17, 15) is 9.18 Å². The van der Waals surface area contributed by atoms with Crippen molar-refractivity contribution in [3.8, 4) is 10.6 Å². The molecule has 0 fully saturated rings. The van der Waals surface area contributed by atoms with Crippen molar-refractivity contribution in [3.05, 3.63) is 63.5 Å². The van der Waals surface area contributed by atoms with Crippen molar-refractivity contribution >= 4 is 17.3 Å². The van der Waals surface area contributed by atoms with E-state index in [2.05, 4.69) is 20.5 Å². The number of H-pyrrole nitrogens is 1. The molecule has 0 atom stereocenters. The Bertz CT molecular complexity index is 783. The van der Waals surface area contributed by atoms with E-state index in [0.29, 0.717) is 12.2 Å². The molecule has 0 saturated heterocycles. The van der Waals surface area contributed by atoms with Crippen LogP contribution in [0.15, 0.2) is 46.6 Å². The average Bonchev–Trinajstić information content (AvgIpc) is 3.01. The highest BCUT2D eigenvalue weighted by molar-refractivity contribution is 7.13. The molecule has 0 aliphatic heterocycles. The lowest BCUT2D eigenvalue weighted by molar-refractivity contribution is 0.627. The summed E-state index contributed by atoms with van der Waals surface area (Å²) in [5.41, 5.74) is 0.882. The van der Waals surface area contributed by atoms with Gasteiger partial charge in [-0.1, -0.05) is 18.2 Å². The number of hydrogen-bond donors (Lipinski definition) is 2. The molecule has 0 spiro atoms. The number of aromatic nitrogens is 3. The number of anilines is 1. The molecule has 106 valence electrons. The summed E-state index contributed by atoms with van der Waals surface area (Å²) >= 11 is 1.43. The maximum Gasteiger partial charge on any atom is 0.279 e. The summed E-state index contributed by atoms with van der Waals surface area (Å²) in [4.78, 5) is 15.4. The molecule has 2 heterocycles. The van der Waals surface area contributed by atoms with E-state index in [1.165, 1.54) is 23.5 Å². The van der Waals surface area contributed by atoms with Gasteiger partial charge in [0.25, 0.3) is 5.56 Å². The molecule has 0 amide bonds. The molecule has 0 bridgehead atoms.